The van der Waals surface area contributed by atoms with Gasteiger partial charge >= 0.3 is 12.0 Å². The van der Waals surface area contributed by atoms with Crippen LogP contribution >= 0.6 is 0 Å². The van der Waals surface area contributed by atoms with Crippen LogP contribution in [0.2, 0.25) is 0 Å². The third-order valence-corrected chi connectivity index (χ3v) is 4.69. The number of carbonyl (C=O) groups is 2. The number of hydrogen-bond acceptors (Lipinski definition) is 3. The summed E-state index contributed by atoms with van der Waals surface area (Å²) in [5, 5.41) is 10.0. The molecule has 0 saturated carbocycles. The normalized spacial score (nSPS) is 14.8. The molecule has 6 nitrogen and oxygen atoms in total. The van der Waals surface area contributed by atoms with E-state index in [1.165, 1.54) is 0 Å². The zero-order valence-corrected chi connectivity index (χ0v) is 14.0. The molecule has 128 valence electrons. The maximum absolute atomic E-state index is 13.0. The molecule has 0 unspecified atom stereocenters. The van der Waals surface area contributed by atoms with Crippen LogP contribution in [-0.2, 0) is 11.2 Å². The highest BCUT2D eigenvalue weighted by molar-refractivity contribution is 5.97. The lowest BCUT2D eigenvalue weighted by Crippen LogP contribution is -2.38. The molecule has 1 saturated heterocycles. The van der Waals surface area contributed by atoms with Gasteiger partial charge in [-0.15, -0.1) is 0 Å². The van der Waals surface area contributed by atoms with Gasteiger partial charge in [0, 0.05) is 24.2 Å². The maximum atomic E-state index is 13.0. The summed E-state index contributed by atoms with van der Waals surface area (Å²) < 4.78 is 6.91. The van der Waals surface area contributed by atoms with Crippen LogP contribution in [0.4, 0.5) is 4.79 Å². The second-order valence-corrected chi connectivity index (χ2v) is 6.18. The number of benzene rings is 1. The van der Waals surface area contributed by atoms with Gasteiger partial charge in [-0.25, -0.2) is 4.79 Å². The molecule has 1 aliphatic heterocycles. The molecule has 1 amide bonds. The van der Waals surface area contributed by atoms with Crippen molar-refractivity contribution in [3.05, 3.63) is 29.5 Å². The van der Waals surface area contributed by atoms with Crippen molar-refractivity contribution >= 4 is 22.9 Å². The van der Waals surface area contributed by atoms with Gasteiger partial charge in [0.2, 0.25) is 0 Å². The summed E-state index contributed by atoms with van der Waals surface area (Å²) >= 11 is 0. The summed E-state index contributed by atoms with van der Waals surface area (Å²) in [6.07, 6.45) is 3.06. The standard InChI is InChI=1S/C18H22N2O4/c1-12-14(11-17(21)22)15-10-13(24-2)6-7-16(15)20(12)18(23)19-8-4-3-5-9-19/h6-7,10H,3-5,8-9,11H2,1-2H3,(H,21,22). The van der Waals surface area contributed by atoms with Gasteiger partial charge < -0.3 is 14.7 Å². The summed E-state index contributed by atoms with van der Waals surface area (Å²) in [6.45, 7) is 3.32. The highest BCUT2D eigenvalue weighted by Gasteiger charge is 2.25. The number of carbonyl (C=O) groups excluding carboxylic acids is 1. The average Bonchev–Trinajstić information content (AvgIpc) is 2.86. The van der Waals surface area contributed by atoms with E-state index in [9.17, 15) is 14.7 Å². The third kappa shape index (κ3) is 2.84. The lowest BCUT2D eigenvalue weighted by molar-refractivity contribution is -0.136. The van der Waals surface area contributed by atoms with Crippen LogP contribution in [0, 0.1) is 6.92 Å². The number of nitrogens with zero attached hydrogens (tertiary/aromatic N) is 2. The Labute approximate surface area is 140 Å². The zero-order valence-electron chi connectivity index (χ0n) is 14.0. The number of methoxy groups -OCH3 is 1. The van der Waals surface area contributed by atoms with Gasteiger partial charge in [0.1, 0.15) is 5.75 Å². The van der Waals surface area contributed by atoms with Gasteiger partial charge in [0.25, 0.3) is 0 Å². The van der Waals surface area contributed by atoms with Crippen molar-refractivity contribution in [1.29, 1.82) is 0 Å². The van der Waals surface area contributed by atoms with Crippen LogP contribution in [0.1, 0.15) is 30.5 Å². The molecule has 0 radical (unpaired) electrons. The molecule has 1 aromatic heterocycles. The van der Waals surface area contributed by atoms with Crippen molar-refractivity contribution in [1.82, 2.24) is 9.47 Å². The summed E-state index contributed by atoms with van der Waals surface area (Å²) in [5.41, 5.74) is 2.10. The summed E-state index contributed by atoms with van der Waals surface area (Å²) in [5.74, 6) is -0.262. The molecule has 1 fully saturated rings. The van der Waals surface area contributed by atoms with E-state index in [4.69, 9.17) is 4.74 Å². The number of ether oxygens (including phenoxy) is 1. The van der Waals surface area contributed by atoms with Crippen molar-refractivity contribution in [2.45, 2.75) is 32.6 Å². The van der Waals surface area contributed by atoms with E-state index in [-0.39, 0.29) is 12.5 Å². The van der Waals surface area contributed by atoms with Crippen LogP contribution in [0.15, 0.2) is 18.2 Å². The first-order chi connectivity index (χ1) is 11.5. The number of aliphatic carboxylic acids is 1. The Morgan fingerprint density at radius 3 is 2.54 bits per heavy atom. The highest BCUT2D eigenvalue weighted by atomic mass is 16.5. The Balaban J connectivity index is 2.14. The van der Waals surface area contributed by atoms with E-state index in [2.05, 4.69) is 0 Å². The van der Waals surface area contributed by atoms with E-state index in [1.807, 2.05) is 17.9 Å². The molecule has 24 heavy (non-hydrogen) atoms. The first-order valence-corrected chi connectivity index (χ1v) is 8.22. The number of carboxylic acid groups (broad SMARTS) is 1. The second-order valence-electron chi connectivity index (χ2n) is 6.18. The van der Waals surface area contributed by atoms with Gasteiger partial charge in [0.05, 0.1) is 19.0 Å². The Morgan fingerprint density at radius 1 is 1.21 bits per heavy atom. The molecule has 1 N–H and O–H groups in total. The van der Waals surface area contributed by atoms with Crippen molar-refractivity contribution < 1.29 is 19.4 Å². The van der Waals surface area contributed by atoms with Crippen LogP contribution in [0.3, 0.4) is 0 Å². The number of hydrogen-bond donors (Lipinski definition) is 1. The predicted octanol–water partition coefficient (Wildman–Crippen LogP) is 3.04. The summed E-state index contributed by atoms with van der Waals surface area (Å²) in [6, 6.07) is 5.36. The van der Waals surface area contributed by atoms with Gasteiger partial charge in [-0.1, -0.05) is 0 Å². The molecule has 1 aliphatic rings. The zero-order chi connectivity index (χ0) is 17.3. The number of piperidine rings is 1. The number of fused-ring (bicyclic) bond motifs is 1. The minimum atomic E-state index is -0.912. The van der Waals surface area contributed by atoms with Gasteiger partial charge in [0.15, 0.2) is 0 Å². The van der Waals surface area contributed by atoms with Crippen LogP contribution in [0.25, 0.3) is 10.9 Å². The topological polar surface area (TPSA) is 71.8 Å². The Hall–Kier alpha value is -2.50. The molecular weight excluding hydrogens is 308 g/mol. The maximum Gasteiger partial charge on any atom is 0.328 e. The number of rotatable bonds is 3. The summed E-state index contributed by atoms with van der Waals surface area (Å²) in [7, 11) is 1.57. The monoisotopic (exact) mass is 330 g/mol. The van der Waals surface area contributed by atoms with Crippen LogP contribution in [0.5, 0.6) is 5.75 Å². The van der Waals surface area contributed by atoms with Crippen molar-refractivity contribution in [3.8, 4) is 5.75 Å². The highest BCUT2D eigenvalue weighted by Crippen LogP contribution is 2.30. The van der Waals surface area contributed by atoms with Crippen molar-refractivity contribution in [2.24, 2.45) is 0 Å². The fourth-order valence-electron chi connectivity index (χ4n) is 3.44. The molecule has 3 rings (SSSR count). The third-order valence-electron chi connectivity index (χ3n) is 4.69. The number of likely N-dealkylation sites (tertiary alicyclic amines) is 1. The molecule has 0 aliphatic carbocycles. The lowest BCUT2D eigenvalue weighted by atomic mass is 10.1. The molecule has 2 heterocycles. The SMILES string of the molecule is COc1ccc2c(c1)c(CC(=O)O)c(C)n2C(=O)N1CCCCC1. The predicted molar refractivity (Wildman–Crippen MR) is 90.8 cm³/mol. The van der Waals surface area contributed by atoms with E-state index in [1.54, 1.807) is 23.8 Å². The Bertz CT molecular complexity index is 788. The number of amides is 1. The van der Waals surface area contributed by atoms with Gasteiger partial charge in [-0.2, -0.15) is 0 Å². The Morgan fingerprint density at radius 2 is 1.92 bits per heavy atom. The first-order valence-electron chi connectivity index (χ1n) is 8.22. The Kier molecular flexibility index (Phi) is 4.46. The quantitative estimate of drug-likeness (QED) is 0.939. The lowest BCUT2D eigenvalue weighted by Gasteiger charge is -2.27. The summed E-state index contributed by atoms with van der Waals surface area (Å²) in [4.78, 5) is 26.1. The van der Waals surface area contributed by atoms with Gasteiger partial charge in [-0.3, -0.25) is 9.36 Å². The molecule has 1 aromatic carbocycles. The van der Waals surface area contributed by atoms with Crippen LogP contribution < -0.4 is 4.74 Å². The molecule has 0 bridgehead atoms. The van der Waals surface area contributed by atoms with Crippen LogP contribution in [-0.4, -0.2) is 46.8 Å². The van der Waals surface area contributed by atoms with E-state index >= 15 is 0 Å². The largest absolute Gasteiger partial charge is 0.497 e. The molecule has 0 atom stereocenters. The minimum absolute atomic E-state index is 0.0704. The van der Waals surface area contributed by atoms with Crippen molar-refractivity contribution in [3.63, 3.8) is 0 Å². The fourth-order valence-corrected chi connectivity index (χ4v) is 3.44. The number of aromatic nitrogens is 1. The minimum Gasteiger partial charge on any atom is -0.497 e. The van der Waals surface area contributed by atoms with E-state index in [0.717, 1.165) is 43.3 Å². The molecule has 0 spiro atoms. The molecule has 6 heteroatoms. The van der Waals surface area contributed by atoms with Gasteiger partial charge in [-0.05, 0) is 49.9 Å². The smallest absolute Gasteiger partial charge is 0.328 e. The molecule has 2 aromatic rings. The first kappa shape index (κ1) is 16.4. The fraction of sp³-hybridized carbons (Fsp3) is 0.444. The van der Waals surface area contributed by atoms with E-state index < -0.39 is 5.97 Å². The number of carboxylic acids is 1. The average molecular weight is 330 g/mol. The second kappa shape index (κ2) is 6.55. The molecular formula is C18H22N2O4. The van der Waals surface area contributed by atoms with Crippen molar-refractivity contribution in [2.75, 3.05) is 20.2 Å². The van der Waals surface area contributed by atoms with E-state index in [0.29, 0.717) is 17.0 Å².